The highest BCUT2D eigenvalue weighted by atomic mass is 19.2. The van der Waals surface area contributed by atoms with Crippen LogP contribution in [0, 0.1) is 11.6 Å². The lowest BCUT2D eigenvalue weighted by molar-refractivity contribution is 0.0698. The van der Waals surface area contributed by atoms with Crippen LogP contribution < -0.4 is 11.2 Å². The van der Waals surface area contributed by atoms with Gasteiger partial charge in [0, 0.05) is 0 Å². The fourth-order valence-corrected chi connectivity index (χ4v) is 0.670. The van der Waals surface area contributed by atoms with Crippen LogP contribution in [0.25, 0.3) is 0 Å². The van der Waals surface area contributed by atoms with Crippen molar-refractivity contribution in [3.8, 4) is 0 Å². The normalized spacial score (nSPS) is 10.7. The van der Waals surface area contributed by atoms with Crippen molar-refractivity contribution in [2.75, 3.05) is 19.8 Å². The van der Waals surface area contributed by atoms with E-state index < -0.39 is 37.0 Å². The van der Waals surface area contributed by atoms with Gasteiger partial charge in [-0.3, -0.25) is 0 Å². The number of nitrogens with two attached hydrogens (primary N) is 1. The van der Waals surface area contributed by atoms with Gasteiger partial charge in [-0.05, 0) is 6.07 Å². The van der Waals surface area contributed by atoms with Crippen LogP contribution >= 0.6 is 0 Å². The van der Waals surface area contributed by atoms with Gasteiger partial charge in [0.25, 0.3) is 0 Å². The van der Waals surface area contributed by atoms with E-state index in [1.165, 1.54) is 12.1 Å². The van der Waals surface area contributed by atoms with Crippen molar-refractivity contribution in [3.63, 3.8) is 0 Å². The predicted molar refractivity (Wildman–Crippen MR) is 59.9 cm³/mol. The molecule has 0 aliphatic rings. The van der Waals surface area contributed by atoms with E-state index in [-0.39, 0.29) is 5.46 Å². The molecule has 0 fully saturated rings. The van der Waals surface area contributed by atoms with Crippen molar-refractivity contribution in [1.29, 1.82) is 0 Å². The van der Waals surface area contributed by atoms with Gasteiger partial charge >= 0.3 is 0 Å². The van der Waals surface area contributed by atoms with Crippen molar-refractivity contribution in [3.05, 3.63) is 29.8 Å². The molecule has 0 bridgehead atoms. The summed E-state index contributed by atoms with van der Waals surface area (Å²) in [6.45, 7) is -1.21. The van der Waals surface area contributed by atoms with Gasteiger partial charge in [-0.2, -0.15) is 0 Å². The third-order valence-corrected chi connectivity index (χ3v) is 1.93. The highest BCUT2D eigenvalue weighted by Gasteiger charge is 2.20. The van der Waals surface area contributed by atoms with Crippen molar-refractivity contribution in [2.45, 2.75) is 5.54 Å². The molecule has 0 amide bonds. The Kier molecular flexibility index (Phi) is 6.90. The minimum absolute atomic E-state index is 0.157. The van der Waals surface area contributed by atoms with Gasteiger partial charge in [0.2, 0.25) is 0 Å². The second-order valence-corrected chi connectivity index (χ2v) is 3.48. The average Bonchev–Trinajstić information content (AvgIpc) is 2.35. The molecule has 5 N–H and O–H groups in total. The molecule has 7 heteroatoms. The van der Waals surface area contributed by atoms with E-state index in [0.29, 0.717) is 0 Å². The second-order valence-electron chi connectivity index (χ2n) is 3.48. The van der Waals surface area contributed by atoms with Crippen LogP contribution in [0.3, 0.4) is 0 Å². The van der Waals surface area contributed by atoms with Gasteiger partial charge in [0.05, 0.1) is 25.4 Å². The van der Waals surface area contributed by atoms with Crippen molar-refractivity contribution < 1.29 is 24.1 Å². The Balaban J connectivity index is 0.000000304. The van der Waals surface area contributed by atoms with Crippen molar-refractivity contribution in [2.24, 2.45) is 5.73 Å². The van der Waals surface area contributed by atoms with Gasteiger partial charge in [-0.1, -0.05) is 17.6 Å². The summed E-state index contributed by atoms with van der Waals surface area (Å²) < 4.78 is 24.4. The number of benzene rings is 1. The first-order chi connectivity index (χ1) is 7.90. The number of aliphatic hydroxyl groups excluding tert-OH is 3. The summed E-state index contributed by atoms with van der Waals surface area (Å²) >= 11 is 0. The van der Waals surface area contributed by atoms with Gasteiger partial charge in [-0.15, -0.1) is 0 Å². The van der Waals surface area contributed by atoms with Crippen LogP contribution in [0.15, 0.2) is 18.2 Å². The zero-order valence-electron chi connectivity index (χ0n) is 9.11. The molecular formula is C10H14BF2NO3. The Bertz CT molecular complexity index is 320. The Morgan fingerprint density at radius 2 is 1.59 bits per heavy atom. The quantitative estimate of drug-likeness (QED) is 0.484. The summed E-state index contributed by atoms with van der Waals surface area (Å²) in [6, 6.07) is 3.68. The Morgan fingerprint density at radius 1 is 1.12 bits per heavy atom. The summed E-state index contributed by atoms with van der Waals surface area (Å²) in [5.41, 5.74) is 3.78. The number of hydrogen-bond donors (Lipinski definition) is 4. The van der Waals surface area contributed by atoms with Crippen LogP contribution in [0.4, 0.5) is 8.78 Å². The summed E-state index contributed by atoms with van der Waals surface area (Å²) in [4.78, 5) is 0. The Labute approximate surface area is 99.1 Å². The molecule has 1 rings (SSSR count). The molecule has 2 radical (unpaired) electrons. The SMILES string of the molecule is NC(CO)(CO)CO.[B]c1cccc(F)c1F. The zero-order chi connectivity index (χ0) is 13.5. The molecule has 0 atom stereocenters. The third kappa shape index (κ3) is 5.23. The number of aliphatic hydroxyl groups is 3. The zero-order valence-corrected chi connectivity index (χ0v) is 9.11. The van der Waals surface area contributed by atoms with E-state index in [2.05, 4.69) is 0 Å². The molecule has 0 saturated heterocycles. The molecule has 1 aromatic carbocycles. The highest BCUT2D eigenvalue weighted by molar-refractivity contribution is 6.32. The smallest absolute Gasteiger partial charge is 0.158 e. The molecule has 0 saturated carbocycles. The van der Waals surface area contributed by atoms with E-state index in [4.69, 9.17) is 28.9 Å². The molecule has 0 heterocycles. The molecule has 0 unspecified atom stereocenters. The first-order valence-corrected chi connectivity index (χ1v) is 4.71. The summed E-state index contributed by atoms with van der Waals surface area (Å²) in [5, 5.41) is 25.0. The molecule has 0 aromatic heterocycles. The maximum absolute atomic E-state index is 12.2. The second kappa shape index (κ2) is 7.34. The van der Waals surface area contributed by atoms with E-state index >= 15 is 0 Å². The first-order valence-electron chi connectivity index (χ1n) is 4.71. The Hall–Kier alpha value is -1.02. The van der Waals surface area contributed by atoms with E-state index in [1.807, 2.05) is 0 Å². The lowest BCUT2D eigenvalue weighted by atomic mass is 9.96. The summed E-state index contributed by atoms with van der Waals surface area (Å²) in [6.07, 6.45) is 0. The molecule has 0 spiro atoms. The lowest BCUT2D eigenvalue weighted by Gasteiger charge is -2.20. The van der Waals surface area contributed by atoms with E-state index in [0.717, 1.165) is 6.07 Å². The molecule has 4 nitrogen and oxygen atoms in total. The van der Waals surface area contributed by atoms with Gasteiger partial charge < -0.3 is 21.1 Å². The largest absolute Gasteiger partial charge is 0.394 e. The first kappa shape index (κ1) is 16.0. The minimum Gasteiger partial charge on any atom is -0.394 e. The van der Waals surface area contributed by atoms with Gasteiger partial charge in [0.1, 0.15) is 7.85 Å². The molecule has 0 aliphatic carbocycles. The van der Waals surface area contributed by atoms with Gasteiger partial charge in [0.15, 0.2) is 11.6 Å². The molecule has 1 aromatic rings. The Morgan fingerprint density at radius 3 is 1.82 bits per heavy atom. The summed E-state index contributed by atoms with van der Waals surface area (Å²) in [7, 11) is 5.01. The van der Waals surface area contributed by atoms with Crippen LogP contribution in [0.5, 0.6) is 0 Å². The highest BCUT2D eigenvalue weighted by Crippen LogP contribution is 1.98. The molecule has 0 aliphatic heterocycles. The van der Waals surface area contributed by atoms with Crippen LogP contribution in [-0.4, -0.2) is 48.5 Å². The number of hydrogen-bond acceptors (Lipinski definition) is 4. The van der Waals surface area contributed by atoms with E-state index in [1.54, 1.807) is 0 Å². The average molecular weight is 245 g/mol. The monoisotopic (exact) mass is 245 g/mol. The molecule has 17 heavy (non-hydrogen) atoms. The van der Waals surface area contributed by atoms with Crippen LogP contribution in [0.1, 0.15) is 0 Å². The maximum atomic E-state index is 12.2. The summed E-state index contributed by atoms with van der Waals surface area (Å²) in [5.74, 6) is -1.88. The standard InChI is InChI=1S/C6H3BF2.C4H11NO3/c7-4-2-1-3-5(8)6(4)9;5-4(1-6,2-7)3-8/h1-3H;6-8H,1-3,5H2. The van der Waals surface area contributed by atoms with Crippen molar-refractivity contribution >= 4 is 13.3 Å². The number of halogens is 2. The van der Waals surface area contributed by atoms with Crippen molar-refractivity contribution in [1.82, 2.24) is 0 Å². The lowest BCUT2D eigenvalue weighted by Crippen LogP contribution is -2.50. The topological polar surface area (TPSA) is 86.7 Å². The molecule has 94 valence electrons. The van der Waals surface area contributed by atoms with Crippen LogP contribution in [-0.2, 0) is 0 Å². The fourth-order valence-electron chi connectivity index (χ4n) is 0.670. The number of rotatable bonds is 3. The fraction of sp³-hybridized carbons (Fsp3) is 0.400. The predicted octanol–water partition coefficient (Wildman–Crippen LogP) is -1.58. The molecular weight excluding hydrogens is 231 g/mol. The maximum Gasteiger partial charge on any atom is 0.158 e. The van der Waals surface area contributed by atoms with E-state index in [9.17, 15) is 8.78 Å². The minimum atomic E-state index is -1.21. The van der Waals surface area contributed by atoms with Gasteiger partial charge in [-0.25, -0.2) is 8.78 Å². The third-order valence-electron chi connectivity index (χ3n) is 1.93. The van der Waals surface area contributed by atoms with Crippen LogP contribution in [0.2, 0.25) is 0 Å².